The van der Waals surface area contributed by atoms with Gasteiger partial charge in [-0.25, -0.2) is 9.13 Å². The standard InChI is InChI=1S/C37H46N4/c1-31-35(37-23-15-25-39(37)3)21-13-29-41(31)28-11-5-7-17-33-19-9-8-18-32(33)16-6-4-10-26-40-27-12-20-34(30-40)36-22-14-24-38(36)2/h8-9,12-13,18-21,27,29-30,36-37H,4-5,10-11,14-15,22-26,28H2,1-3H3/q+2/t36-,37-/m0/s1. The first-order valence-corrected chi connectivity index (χ1v) is 15.6. The summed E-state index contributed by atoms with van der Waals surface area (Å²) in [4.78, 5) is 4.96. The Morgan fingerprint density at radius 3 is 2.05 bits per heavy atom. The predicted octanol–water partition coefficient (Wildman–Crippen LogP) is 5.77. The smallest absolute Gasteiger partial charge is 0.183 e. The van der Waals surface area contributed by atoms with Gasteiger partial charge in [0.15, 0.2) is 24.3 Å². The van der Waals surface area contributed by atoms with Crippen LogP contribution in [0.4, 0.5) is 0 Å². The molecule has 3 aromatic rings. The van der Waals surface area contributed by atoms with Gasteiger partial charge in [0.05, 0.1) is 0 Å². The van der Waals surface area contributed by atoms with Crippen LogP contribution in [-0.2, 0) is 13.1 Å². The molecule has 2 saturated heterocycles. The van der Waals surface area contributed by atoms with E-state index in [1.165, 1.54) is 55.6 Å². The Hall–Kier alpha value is -3.44. The molecule has 2 aliphatic heterocycles. The van der Waals surface area contributed by atoms with Crippen LogP contribution in [-0.4, -0.2) is 37.0 Å². The third-order valence-corrected chi connectivity index (χ3v) is 8.85. The highest BCUT2D eigenvalue weighted by molar-refractivity contribution is 5.49. The molecule has 0 bridgehead atoms. The van der Waals surface area contributed by atoms with E-state index in [0.717, 1.165) is 49.9 Å². The third kappa shape index (κ3) is 7.65. The van der Waals surface area contributed by atoms with E-state index >= 15 is 0 Å². The van der Waals surface area contributed by atoms with E-state index in [1.54, 1.807) is 0 Å². The maximum Gasteiger partial charge on any atom is 0.183 e. The van der Waals surface area contributed by atoms with Gasteiger partial charge < -0.3 is 0 Å². The van der Waals surface area contributed by atoms with Gasteiger partial charge >= 0.3 is 0 Å². The van der Waals surface area contributed by atoms with E-state index in [-0.39, 0.29) is 0 Å². The van der Waals surface area contributed by atoms with Crippen LogP contribution in [0, 0.1) is 30.6 Å². The Bertz CT molecular complexity index is 1440. The Labute approximate surface area is 248 Å². The summed E-state index contributed by atoms with van der Waals surface area (Å²) in [6.45, 7) is 6.68. The van der Waals surface area contributed by atoms with Crippen molar-refractivity contribution in [3.63, 3.8) is 0 Å². The number of likely N-dealkylation sites (tertiary alicyclic amines) is 2. The van der Waals surface area contributed by atoms with Crippen molar-refractivity contribution in [2.24, 2.45) is 0 Å². The van der Waals surface area contributed by atoms with Gasteiger partial charge in [0.1, 0.15) is 13.1 Å². The van der Waals surface area contributed by atoms with Crippen molar-refractivity contribution < 1.29 is 9.13 Å². The van der Waals surface area contributed by atoms with Gasteiger partial charge in [0.25, 0.3) is 0 Å². The molecule has 4 heteroatoms. The zero-order valence-corrected chi connectivity index (χ0v) is 25.3. The molecular formula is C37H46N4+2. The van der Waals surface area contributed by atoms with Gasteiger partial charge in [-0.2, -0.15) is 0 Å². The molecule has 5 rings (SSSR count). The molecule has 2 atom stereocenters. The Balaban J connectivity index is 1.11. The van der Waals surface area contributed by atoms with Gasteiger partial charge in [-0.05, 0) is 77.1 Å². The molecule has 4 nitrogen and oxygen atoms in total. The van der Waals surface area contributed by atoms with Gasteiger partial charge in [0, 0.05) is 79.1 Å². The number of nitrogens with zero attached hydrogens (tertiary/aromatic N) is 4. The zero-order chi connectivity index (χ0) is 28.4. The highest BCUT2D eigenvalue weighted by atomic mass is 15.2. The van der Waals surface area contributed by atoms with Crippen LogP contribution < -0.4 is 9.13 Å². The summed E-state index contributed by atoms with van der Waals surface area (Å²) in [5, 5.41) is 0. The number of pyridine rings is 2. The van der Waals surface area contributed by atoms with Crippen LogP contribution in [0.3, 0.4) is 0 Å². The molecule has 4 heterocycles. The summed E-state index contributed by atoms with van der Waals surface area (Å²) in [5.74, 6) is 13.6. The molecular weight excluding hydrogens is 500 g/mol. The fourth-order valence-electron chi connectivity index (χ4n) is 6.46. The first-order valence-electron chi connectivity index (χ1n) is 15.6. The number of aromatic nitrogens is 2. The van der Waals surface area contributed by atoms with Crippen LogP contribution in [0.15, 0.2) is 67.1 Å². The van der Waals surface area contributed by atoms with Gasteiger partial charge in [-0.15, -0.1) is 0 Å². The number of hydrogen-bond acceptors (Lipinski definition) is 2. The van der Waals surface area contributed by atoms with Gasteiger partial charge in [-0.3, -0.25) is 9.80 Å². The Morgan fingerprint density at radius 1 is 0.756 bits per heavy atom. The maximum atomic E-state index is 3.42. The number of aryl methyl sites for hydroxylation is 2. The Morgan fingerprint density at radius 2 is 1.39 bits per heavy atom. The molecule has 212 valence electrons. The third-order valence-electron chi connectivity index (χ3n) is 8.85. The molecule has 2 aromatic heterocycles. The number of benzene rings is 1. The van der Waals surface area contributed by atoms with E-state index in [4.69, 9.17) is 0 Å². The van der Waals surface area contributed by atoms with Crippen molar-refractivity contribution in [1.29, 1.82) is 0 Å². The summed E-state index contributed by atoms with van der Waals surface area (Å²) in [6, 6.07) is 18.4. The molecule has 0 unspecified atom stereocenters. The van der Waals surface area contributed by atoms with E-state index in [9.17, 15) is 0 Å². The maximum absolute atomic E-state index is 3.42. The van der Waals surface area contributed by atoms with Crippen molar-refractivity contribution in [2.75, 3.05) is 27.2 Å². The predicted molar refractivity (Wildman–Crippen MR) is 166 cm³/mol. The fourth-order valence-corrected chi connectivity index (χ4v) is 6.46. The molecule has 41 heavy (non-hydrogen) atoms. The van der Waals surface area contributed by atoms with Crippen LogP contribution in [0.5, 0.6) is 0 Å². The topological polar surface area (TPSA) is 14.2 Å². The van der Waals surface area contributed by atoms with Crippen LogP contribution in [0.2, 0.25) is 0 Å². The Kier molecular flexibility index (Phi) is 10.2. The molecule has 2 aliphatic rings. The minimum Gasteiger partial charge on any atom is -0.299 e. The molecule has 1 aromatic carbocycles. The van der Waals surface area contributed by atoms with Crippen molar-refractivity contribution in [3.05, 3.63) is 95.1 Å². The number of hydrogen-bond donors (Lipinski definition) is 0. The lowest BCUT2D eigenvalue weighted by atomic mass is 10.0. The first kappa shape index (κ1) is 29.1. The monoisotopic (exact) mass is 546 g/mol. The van der Waals surface area contributed by atoms with Crippen molar-refractivity contribution in [3.8, 4) is 23.7 Å². The summed E-state index contributed by atoms with van der Waals surface area (Å²) >= 11 is 0. The summed E-state index contributed by atoms with van der Waals surface area (Å²) in [7, 11) is 4.49. The summed E-state index contributed by atoms with van der Waals surface area (Å²) in [6.07, 6.45) is 15.7. The lowest BCUT2D eigenvalue weighted by Crippen LogP contribution is -2.38. The molecule has 0 radical (unpaired) electrons. The molecule has 0 spiro atoms. The van der Waals surface area contributed by atoms with Crippen LogP contribution in [0.25, 0.3) is 0 Å². The van der Waals surface area contributed by atoms with Crippen molar-refractivity contribution in [2.45, 2.75) is 83.5 Å². The fraction of sp³-hybridized carbons (Fsp3) is 0.459. The minimum atomic E-state index is 0.564. The second-order valence-corrected chi connectivity index (χ2v) is 11.8. The van der Waals surface area contributed by atoms with E-state index in [1.807, 2.05) is 0 Å². The molecule has 0 N–H and O–H groups in total. The number of rotatable bonds is 8. The molecule has 2 fully saturated rings. The van der Waals surface area contributed by atoms with Gasteiger partial charge in [0.2, 0.25) is 0 Å². The van der Waals surface area contributed by atoms with Crippen LogP contribution in [0.1, 0.15) is 91.4 Å². The van der Waals surface area contributed by atoms with E-state index in [0.29, 0.717) is 12.1 Å². The van der Waals surface area contributed by atoms with Crippen molar-refractivity contribution in [1.82, 2.24) is 9.80 Å². The van der Waals surface area contributed by atoms with Crippen molar-refractivity contribution >= 4 is 0 Å². The number of unbranched alkanes of at least 4 members (excludes halogenated alkanes) is 2. The average Bonchev–Trinajstić information content (AvgIpc) is 3.62. The van der Waals surface area contributed by atoms with E-state index in [2.05, 4.69) is 131 Å². The lowest BCUT2D eigenvalue weighted by molar-refractivity contribution is -0.703. The van der Waals surface area contributed by atoms with E-state index < -0.39 is 0 Å². The largest absolute Gasteiger partial charge is 0.299 e. The lowest BCUT2D eigenvalue weighted by Gasteiger charge is -2.20. The molecule has 0 amide bonds. The molecule has 0 aliphatic carbocycles. The second-order valence-electron chi connectivity index (χ2n) is 11.8. The first-order chi connectivity index (χ1) is 20.1. The van der Waals surface area contributed by atoms with Gasteiger partial charge in [-0.1, -0.05) is 35.8 Å². The SMILES string of the molecule is Cc1c([C@@H]2CCCN2C)ccc[n+]1CCCC#Cc1ccccc1C#CCCC[n+]1cccc([C@@H]2CCCN2C)c1. The van der Waals surface area contributed by atoms with Crippen LogP contribution >= 0.6 is 0 Å². The summed E-state index contributed by atoms with van der Waals surface area (Å²) < 4.78 is 4.73. The quantitative estimate of drug-likeness (QED) is 0.202. The highest BCUT2D eigenvalue weighted by Gasteiger charge is 2.27. The zero-order valence-electron chi connectivity index (χ0n) is 25.3. The average molecular weight is 547 g/mol. The summed E-state index contributed by atoms with van der Waals surface area (Å²) in [5.41, 5.74) is 6.39. The minimum absolute atomic E-state index is 0.564. The normalized spacial score (nSPS) is 19.0. The molecule has 0 saturated carbocycles. The second kappa shape index (κ2) is 14.5. The highest BCUT2D eigenvalue weighted by Crippen LogP contribution is 2.31.